The topological polar surface area (TPSA) is 85.3 Å². The fraction of sp³-hybridized carbons (Fsp3) is 0.167. The van der Waals surface area contributed by atoms with Gasteiger partial charge in [-0.25, -0.2) is 0 Å². The van der Waals surface area contributed by atoms with Gasteiger partial charge in [0.2, 0.25) is 0 Å². The maximum atomic E-state index is 12.0. The number of nitrogens with zero attached hydrogens (tertiary/aromatic N) is 1. The number of nitrogens with two attached hydrogens (primary N) is 1. The second-order valence-electron chi connectivity index (χ2n) is 6.70. The molecule has 2 N–H and O–H groups in total. The van der Waals surface area contributed by atoms with E-state index in [0.29, 0.717) is 41.4 Å². The molecule has 0 amide bonds. The summed E-state index contributed by atoms with van der Waals surface area (Å²) in [6, 6.07) is 14.5. The molecule has 1 heterocycles. The molecule has 29 heavy (non-hydrogen) atoms. The van der Waals surface area contributed by atoms with Crippen LogP contribution in [-0.4, -0.2) is 12.4 Å². The summed E-state index contributed by atoms with van der Waals surface area (Å²) < 4.78 is 11.9. The fourth-order valence-electron chi connectivity index (χ4n) is 3.12. The molecule has 3 rings (SSSR count). The zero-order chi connectivity index (χ0) is 20.8. The molecule has 0 spiro atoms. The second-order valence-corrected chi connectivity index (χ2v) is 6.70. The van der Waals surface area contributed by atoms with Crippen LogP contribution in [0.3, 0.4) is 0 Å². The van der Waals surface area contributed by atoms with Crippen molar-refractivity contribution < 1.29 is 14.3 Å². The van der Waals surface area contributed by atoms with E-state index in [1.165, 1.54) is 0 Å². The average Bonchev–Trinajstić information content (AvgIpc) is 2.72. The van der Waals surface area contributed by atoms with Crippen LogP contribution in [0.25, 0.3) is 0 Å². The first-order valence-corrected chi connectivity index (χ1v) is 9.25. The van der Waals surface area contributed by atoms with Crippen LogP contribution in [0.15, 0.2) is 78.5 Å². The highest BCUT2D eigenvalue weighted by Crippen LogP contribution is 2.34. The lowest BCUT2D eigenvalue weighted by Crippen LogP contribution is -2.16. The molecule has 2 aromatic rings. The fourth-order valence-corrected chi connectivity index (χ4v) is 3.12. The summed E-state index contributed by atoms with van der Waals surface area (Å²) in [4.78, 5) is 12.0. The second kappa shape index (κ2) is 8.94. The third kappa shape index (κ3) is 4.74. The number of hydrogen-bond donors (Lipinski definition) is 1. The van der Waals surface area contributed by atoms with Crippen molar-refractivity contribution in [3.63, 3.8) is 0 Å². The predicted molar refractivity (Wildman–Crippen MR) is 112 cm³/mol. The van der Waals surface area contributed by atoms with Crippen LogP contribution >= 0.6 is 0 Å². The Kier molecular flexibility index (Phi) is 6.16. The van der Waals surface area contributed by atoms with Gasteiger partial charge in [0.1, 0.15) is 17.6 Å². The van der Waals surface area contributed by atoms with Crippen molar-refractivity contribution in [3.8, 4) is 17.6 Å². The van der Waals surface area contributed by atoms with Crippen molar-refractivity contribution in [3.05, 3.63) is 95.2 Å². The third-order valence-electron chi connectivity index (χ3n) is 4.44. The molecule has 1 unspecified atom stereocenters. The molecule has 0 fully saturated rings. The van der Waals surface area contributed by atoms with Gasteiger partial charge in [-0.2, -0.15) is 5.26 Å². The van der Waals surface area contributed by atoms with Crippen LogP contribution in [0.4, 0.5) is 0 Å². The molecule has 146 valence electrons. The zero-order valence-electron chi connectivity index (χ0n) is 16.2. The SMILES string of the molecule is C=C/C=C(\C=C(/C)N)C(Oc1ccc2c(c1)OCCC2=O)c1ccc(C#N)cc1. The average molecular weight is 386 g/mol. The smallest absolute Gasteiger partial charge is 0.169 e. The number of carbonyl (C=O) groups excluding carboxylic acids is 1. The summed E-state index contributed by atoms with van der Waals surface area (Å²) in [5.41, 5.74) is 9.33. The molecule has 2 aromatic carbocycles. The quantitative estimate of drug-likeness (QED) is 0.732. The molecule has 1 aliphatic rings. The first-order chi connectivity index (χ1) is 14.0. The minimum atomic E-state index is -0.489. The van der Waals surface area contributed by atoms with Gasteiger partial charge in [-0.3, -0.25) is 4.79 Å². The van der Waals surface area contributed by atoms with E-state index in [4.69, 9.17) is 20.5 Å². The normalized spacial score (nSPS) is 15.0. The Morgan fingerprint density at radius 1 is 1.31 bits per heavy atom. The first-order valence-electron chi connectivity index (χ1n) is 9.25. The lowest BCUT2D eigenvalue weighted by Gasteiger charge is -2.23. The molecule has 5 heteroatoms. The molecule has 1 aliphatic heterocycles. The minimum absolute atomic E-state index is 0.0652. The van der Waals surface area contributed by atoms with E-state index in [0.717, 1.165) is 11.1 Å². The summed E-state index contributed by atoms with van der Waals surface area (Å²) in [5, 5.41) is 9.08. The summed E-state index contributed by atoms with van der Waals surface area (Å²) in [6.45, 7) is 5.94. The third-order valence-corrected chi connectivity index (χ3v) is 4.44. The van der Waals surface area contributed by atoms with Gasteiger partial charge in [0.15, 0.2) is 5.78 Å². The minimum Gasteiger partial charge on any atom is -0.492 e. The maximum Gasteiger partial charge on any atom is 0.169 e. The highest BCUT2D eigenvalue weighted by atomic mass is 16.5. The van der Waals surface area contributed by atoms with E-state index in [9.17, 15) is 4.79 Å². The number of carbonyl (C=O) groups is 1. The van der Waals surface area contributed by atoms with Gasteiger partial charge >= 0.3 is 0 Å². The summed E-state index contributed by atoms with van der Waals surface area (Å²) in [6.07, 6.45) is 5.22. The lowest BCUT2D eigenvalue weighted by atomic mass is 9.98. The Balaban J connectivity index is 2.02. The molecule has 5 nitrogen and oxygen atoms in total. The summed E-state index contributed by atoms with van der Waals surface area (Å²) in [7, 11) is 0. The van der Waals surface area contributed by atoms with Gasteiger partial charge in [0.25, 0.3) is 0 Å². The van der Waals surface area contributed by atoms with Crippen LogP contribution in [-0.2, 0) is 0 Å². The van der Waals surface area contributed by atoms with Crippen LogP contribution in [0, 0.1) is 11.3 Å². The van der Waals surface area contributed by atoms with Crippen LogP contribution in [0.1, 0.15) is 40.9 Å². The number of nitriles is 1. The van der Waals surface area contributed by atoms with Gasteiger partial charge in [-0.1, -0.05) is 30.9 Å². The highest BCUT2D eigenvalue weighted by molar-refractivity contribution is 5.99. The number of allylic oxidation sites excluding steroid dienone is 3. The lowest BCUT2D eigenvalue weighted by molar-refractivity contribution is 0.0933. The Hall–Kier alpha value is -3.78. The number of fused-ring (bicyclic) bond motifs is 1. The Morgan fingerprint density at radius 3 is 2.72 bits per heavy atom. The van der Waals surface area contributed by atoms with E-state index in [-0.39, 0.29) is 5.78 Å². The Labute approximate surface area is 170 Å². The van der Waals surface area contributed by atoms with Gasteiger partial charge in [0.05, 0.1) is 23.8 Å². The van der Waals surface area contributed by atoms with E-state index in [1.807, 2.05) is 24.3 Å². The van der Waals surface area contributed by atoms with E-state index in [2.05, 4.69) is 12.6 Å². The van der Waals surface area contributed by atoms with E-state index < -0.39 is 6.10 Å². The first kappa shape index (κ1) is 20.0. The van der Waals surface area contributed by atoms with Crippen LogP contribution in [0.5, 0.6) is 11.5 Å². The van der Waals surface area contributed by atoms with Crippen LogP contribution < -0.4 is 15.2 Å². The number of Topliss-reactive ketones (excluding diaryl/α,β-unsaturated/α-hetero) is 1. The Bertz CT molecular complexity index is 1020. The highest BCUT2D eigenvalue weighted by Gasteiger charge is 2.22. The van der Waals surface area contributed by atoms with Gasteiger partial charge in [0, 0.05) is 18.2 Å². The molecule has 0 saturated carbocycles. The van der Waals surface area contributed by atoms with Crippen molar-refractivity contribution in [2.75, 3.05) is 6.61 Å². The van der Waals surface area contributed by atoms with Crippen molar-refractivity contribution in [2.45, 2.75) is 19.4 Å². The van der Waals surface area contributed by atoms with Crippen molar-refractivity contribution in [1.82, 2.24) is 0 Å². The maximum absolute atomic E-state index is 12.0. The molecule has 0 radical (unpaired) electrons. The van der Waals surface area contributed by atoms with E-state index >= 15 is 0 Å². The largest absolute Gasteiger partial charge is 0.492 e. The predicted octanol–water partition coefficient (Wildman–Crippen LogP) is 4.62. The number of rotatable bonds is 6. The number of hydrogen-bond acceptors (Lipinski definition) is 5. The van der Waals surface area contributed by atoms with Gasteiger partial charge in [-0.05, 0) is 48.4 Å². The van der Waals surface area contributed by atoms with E-state index in [1.54, 1.807) is 43.3 Å². The monoisotopic (exact) mass is 386 g/mol. The van der Waals surface area contributed by atoms with Crippen molar-refractivity contribution >= 4 is 5.78 Å². The summed E-state index contributed by atoms with van der Waals surface area (Å²) >= 11 is 0. The Morgan fingerprint density at radius 2 is 2.07 bits per heavy atom. The number of ketones is 1. The standard InChI is InChI=1S/C24H22N2O3/c1-3-4-19(13-16(2)26)24(18-7-5-17(15-25)6-8-18)29-20-9-10-21-22(27)11-12-28-23(21)14-20/h3-10,13-14,24H,1,11-12,26H2,2H3/b16-13+,19-4+. The van der Waals surface area contributed by atoms with Crippen molar-refractivity contribution in [1.29, 1.82) is 5.26 Å². The molecule has 1 atom stereocenters. The van der Waals surface area contributed by atoms with Crippen LogP contribution in [0.2, 0.25) is 0 Å². The molecular formula is C24H22N2O3. The number of benzene rings is 2. The molecule has 0 aliphatic carbocycles. The number of ether oxygens (including phenoxy) is 2. The molecular weight excluding hydrogens is 364 g/mol. The molecule has 0 aromatic heterocycles. The van der Waals surface area contributed by atoms with Crippen molar-refractivity contribution in [2.24, 2.45) is 5.73 Å². The van der Waals surface area contributed by atoms with Gasteiger partial charge < -0.3 is 15.2 Å². The van der Waals surface area contributed by atoms with Gasteiger partial charge in [-0.15, -0.1) is 0 Å². The molecule has 0 saturated heterocycles. The summed E-state index contributed by atoms with van der Waals surface area (Å²) in [5.74, 6) is 1.15. The zero-order valence-corrected chi connectivity index (χ0v) is 16.2. The molecule has 0 bridgehead atoms.